The van der Waals surface area contributed by atoms with Crippen LogP contribution in [0.3, 0.4) is 0 Å². The van der Waals surface area contributed by atoms with E-state index in [1.165, 1.54) is 6.92 Å². The average molecular weight is 324 g/mol. The van der Waals surface area contributed by atoms with Gasteiger partial charge < -0.3 is 14.9 Å². The first-order valence-corrected chi connectivity index (χ1v) is 8.35. The van der Waals surface area contributed by atoms with Crippen LogP contribution in [0.15, 0.2) is 0 Å². The SMILES string of the molecule is CC(C(=O)O)C(C)C(=O)OC12CC3CC(C1)CC(C(=O)O)(C3)C2. The van der Waals surface area contributed by atoms with Gasteiger partial charge in [-0.05, 0) is 43.9 Å². The minimum Gasteiger partial charge on any atom is -0.481 e. The van der Waals surface area contributed by atoms with E-state index in [4.69, 9.17) is 9.84 Å². The van der Waals surface area contributed by atoms with Crippen LogP contribution in [0.25, 0.3) is 0 Å². The van der Waals surface area contributed by atoms with Crippen molar-refractivity contribution in [3.8, 4) is 0 Å². The molecule has 0 heterocycles. The molecular weight excluding hydrogens is 300 g/mol. The van der Waals surface area contributed by atoms with E-state index in [1.54, 1.807) is 6.92 Å². The minimum absolute atomic E-state index is 0.298. The van der Waals surface area contributed by atoms with Gasteiger partial charge in [0.05, 0.1) is 17.3 Å². The summed E-state index contributed by atoms with van der Waals surface area (Å²) in [5.74, 6) is -3.27. The zero-order valence-electron chi connectivity index (χ0n) is 13.6. The van der Waals surface area contributed by atoms with Gasteiger partial charge in [0, 0.05) is 6.42 Å². The normalized spacial score (nSPS) is 40.4. The van der Waals surface area contributed by atoms with E-state index in [-0.39, 0.29) is 0 Å². The number of rotatable bonds is 5. The van der Waals surface area contributed by atoms with Crippen molar-refractivity contribution in [1.82, 2.24) is 0 Å². The van der Waals surface area contributed by atoms with Gasteiger partial charge in [-0.15, -0.1) is 0 Å². The highest BCUT2D eigenvalue weighted by molar-refractivity contribution is 5.81. The molecule has 4 saturated carbocycles. The molecule has 4 atom stereocenters. The van der Waals surface area contributed by atoms with Crippen molar-refractivity contribution in [2.45, 2.75) is 58.0 Å². The largest absolute Gasteiger partial charge is 0.481 e. The fourth-order valence-electron chi connectivity index (χ4n) is 5.27. The molecule has 0 radical (unpaired) electrons. The Hall–Kier alpha value is -1.59. The van der Waals surface area contributed by atoms with Gasteiger partial charge in [0.2, 0.25) is 0 Å². The van der Waals surface area contributed by atoms with Crippen LogP contribution in [-0.4, -0.2) is 33.7 Å². The number of carbonyl (C=O) groups excluding carboxylic acids is 1. The maximum absolute atomic E-state index is 12.4. The topological polar surface area (TPSA) is 101 Å². The third-order valence-electron chi connectivity index (χ3n) is 6.29. The number of carboxylic acid groups (broad SMARTS) is 2. The van der Waals surface area contributed by atoms with Crippen LogP contribution >= 0.6 is 0 Å². The van der Waals surface area contributed by atoms with Crippen LogP contribution in [0.2, 0.25) is 0 Å². The fourth-order valence-corrected chi connectivity index (χ4v) is 5.27. The standard InChI is InChI=1S/C17H24O6/c1-9(13(18)19)10(2)14(20)23-17-6-11-3-12(7-17)5-16(4-11,8-17)15(21)22/h9-12H,3-8H2,1-2H3,(H,18,19)(H,21,22). The lowest BCUT2D eigenvalue weighted by Crippen LogP contribution is -2.60. The molecule has 0 aromatic carbocycles. The Morgan fingerprint density at radius 3 is 2.04 bits per heavy atom. The number of ether oxygens (including phenoxy) is 1. The monoisotopic (exact) mass is 324 g/mol. The molecule has 4 aliphatic carbocycles. The van der Waals surface area contributed by atoms with E-state index in [0.717, 1.165) is 19.3 Å². The Kier molecular flexibility index (Phi) is 3.69. The molecular formula is C17H24O6. The third-order valence-corrected chi connectivity index (χ3v) is 6.29. The van der Waals surface area contributed by atoms with Crippen LogP contribution in [0.1, 0.15) is 52.4 Å². The van der Waals surface area contributed by atoms with Crippen molar-refractivity contribution >= 4 is 17.9 Å². The summed E-state index contributed by atoms with van der Waals surface area (Å²) in [5.41, 5.74) is -1.46. The van der Waals surface area contributed by atoms with Gasteiger partial charge in [-0.2, -0.15) is 0 Å². The Morgan fingerprint density at radius 2 is 1.57 bits per heavy atom. The van der Waals surface area contributed by atoms with Gasteiger partial charge in [0.25, 0.3) is 0 Å². The van der Waals surface area contributed by atoms with Crippen molar-refractivity contribution in [2.24, 2.45) is 29.1 Å². The van der Waals surface area contributed by atoms with E-state index < -0.39 is 40.8 Å². The van der Waals surface area contributed by atoms with Crippen molar-refractivity contribution in [1.29, 1.82) is 0 Å². The Morgan fingerprint density at radius 1 is 1.00 bits per heavy atom. The van der Waals surface area contributed by atoms with Crippen LogP contribution < -0.4 is 0 Å². The lowest BCUT2D eigenvalue weighted by Gasteiger charge is -2.59. The number of esters is 1. The molecule has 2 N–H and O–H groups in total. The molecule has 0 saturated heterocycles. The highest BCUT2D eigenvalue weighted by Crippen LogP contribution is 2.63. The zero-order chi connectivity index (χ0) is 17.0. The summed E-state index contributed by atoms with van der Waals surface area (Å²) in [4.78, 5) is 35.3. The molecule has 4 rings (SSSR count). The Balaban J connectivity index is 1.78. The smallest absolute Gasteiger partial charge is 0.310 e. The maximum atomic E-state index is 12.4. The summed E-state index contributed by atoms with van der Waals surface area (Å²) >= 11 is 0. The van der Waals surface area contributed by atoms with E-state index in [1.807, 2.05) is 0 Å². The second-order valence-corrected chi connectivity index (χ2v) is 8.07. The van der Waals surface area contributed by atoms with Gasteiger partial charge >= 0.3 is 17.9 Å². The lowest BCUT2D eigenvalue weighted by molar-refractivity contribution is -0.213. The molecule has 0 aromatic rings. The molecule has 4 fully saturated rings. The predicted molar refractivity (Wildman–Crippen MR) is 79.5 cm³/mol. The minimum atomic E-state index is -1.03. The number of hydrogen-bond acceptors (Lipinski definition) is 4. The Labute approximate surface area is 135 Å². The lowest BCUT2D eigenvalue weighted by atomic mass is 9.48. The molecule has 0 aromatic heterocycles. The number of hydrogen-bond donors (Lipinski definition) is 2. The molecule has 4 unspecified atom stereocenters. The van der Waals surface area contributed by atoms with Crippen LogP contribution in [0.5, 0.6) is 0 Å². The van der Waals surface area contributed by atoms with Gasteiger partial charge in [0.1, 0.15) is 5.60 Å². The maximum Gasteiger partial charge on any atom is 0.310 e. The first kappa shape index (κ1) is 16.3. The van der Waals surface area contributed by atoms with Crippen molar-refractivity contribution < 1.29 is 29.3 Å². The van der Waals surface area contributed by atoms with Crippen molar-refractivity contribution in [3.63, 3.8) is 0 Å². The van der Waals surface area contributed by atoms with Gasteiger partial charge in [0.15, 0.2) is 0 Å². The van der Waals surface area contributed by atoms with Crippen LogP contribution in [-0.2, 0) is 19.1 Å². The van der Waals surface area contributed by atoms with E-state index in [9.17, 15) is 19.5 Å². The molecule has 128 valence electrons. The highest BCUT2D eigenvalue weighted by Gasteiger charge is 2.62. The van der Waals surface area contributed by atoms with E-state index >= 15 is 0 Å². The molecule has 6 nitrogen and oxygen atoms in total. The highest BCUT2D eigenvalue weighted by atomic mass is 16.6. The van der Waals surface area contributed by atoms with E-state index in [2.05, 4.69) is 0 Å². The number of aliphatic carboxylic acids is 2. The quantitative estimate of drug-likeness (QED) is 0.753. The predicted octanol–water partition coefficient (Wildman–Crippen LogP) is 2.31. The molecule has 4 aliphatic rings. The molecule has 0 spiro atoms. The van der Waals surface area contributed by atoms with Crippen molar-refractivity contribution in [3.05, 3.63) is 0 Å². The summed E-state index contributed by atoms with van der Waals surface area (Å²) in [7, 11) is 0. The summed E-state index contributed by atoms with van der Waals surface area (Å²) in [6.45, 7) is 3.06. The molecule has 4 bridgehead atoms. The zero-order valence-corrected chi connectivity index (χ0v) is 13.6. The first-order chi connectivity index (χ1) is 10.7. The van der Waals surface area contributed by atoms with Gasteiger partial charge in [-0.1, -0.05) is 13.8 Å². The molecule has 0 amide bonds. The fraction of sp³-hybridized carbons (Fsp3) is 0.824. The second kappa shape index (κ2) is 5.21. The van der Waals surface area contributed by atoms with Crippen LogP contribution in [0, 0.1) is 29.1 Å². The number of carbonyl (C=O) groups is 3. The summed E-state index contributed by atoms with van der Waals surface area (Å²) in [6.07, 6.45) is 4.20. The number of carboxylic acids is 2. The van der Waals surface area contributed by atoms with Crippen molar-refractivity contribution in [2.75, 3.05) is 0 Å². The van der Waals surface area contributed by atoms with Gasteiger partial charge in [-0.25, -0.2) is 0 Å². The van der Waals surface area contributed by atoms with Gasteiger partial charge in [-0.3, -0.25) is 14.4 Å². The molecule has 0 aliphatic heterocycles. The van der Waals surface area contributed by atoms with Crippen LogP contribution in [0.4, 0.5) is 0 Å². The molecule has 23 heavy (non-hydrogen) atoms. The summed E-state index contributed by atoms with van der Waals surface area (Å²) in [5, 5.41) is 18.7. The third kappa shape index (κ3) is 2.62. The first-order valence-electron chi connectivity index (χ1n) is 8.35. The summed E-state index contributed by atoms with van der Waals surface area (Å²) < 4.78 is 5.79. The van der Waals surface area contributed by atoms with E-state index in [0.29, 0.717) is 31.1 Å². The summed E-state index contributed by atoms with van der Waals surface area (Å²) in [6, 6.07) is 0. The average Bonchev–Trinajstić information content (AvgIpc) is 2.43. The second-order valence-electron chi connectivity index (χ2n) is 8.07. The Bertz CT molecular complexity index is 539. The molecule has 6 heteroatoms.